The number of nitrogens with zero attached hydrogens (tertiary/aromatic N) is 5. The third-order valence-corrected chi connectivity index (χ3v) is 23.3. The van der Waals surface area contributed by atoms with E-state index in [9.17, 15) is 24.2 Å². The summed E-state index contributed by atoms with van der Waals surface area (Å²) in [5.74, 6) is -1.64. The second kappa shape index (κ2) is 21.6. The third-order valence-electron chi connectivity index (χ3n) is 13.4. The summed E-state index contributed by atoms with van der Waals surface area (Å²) in [6.45, 7) is 19.5. The maximum atomic E-state index is 13.3. The van der Waals surface area contributed by atoms with E-state index in [1.165, 1.54) is 61.9 Å². The molecule has 17 nitrogen and oxygen atoms in total. The number of hydrogen-bond donors (Lipinski definition) is 4. The molecule has 2 fully saturated rings. The zero-order chi connectivity index (χ0) is 49.6. The van der Waals surface area contributed by atoms with Crippen molar-refractivity contribution in [2.45, 2.75) is 121 Å². The SMILES string of the molecule is C1CCC2=NCCCN2CC1.CC(C)(C)[Si](C)(C)O[C@@H]1[C@@H](CO[Si](c2ccccc2)(c2ccccc2)C(C)(C)C)O[C@@H](n2cnc3c(=O)[nH]c(NC(=O)COc4ccccc4)nc32)[C@@]1(O)O[P+](=O)O. The molecule has 8 rings (SSSR count). The van der Waals surface area contributed by atoms with Crippen molar-refractivity contribution >= 4 is 64.1 Å². The second-order valence-corrected chi connectivity index (χ2v) is 29.9. The lowest BCUT2D eigenvalue weighted by Gasteiger charge is -2.44. The molecule has 0 aliphatic carbocycles. The fraction of sp³-hybridized carbons (Fsp3) is 0.490. The Morgan fingerprint density at radius 2 is 1.54 bits per heavy atom. The highest BCUT2D eigenvalue weighted by atomic mass is 31.1. The van der Waals surface area contributed by atoms with Crippen molar-refractivity contribution in [3.63, 3.8) is 0 Å². The molecule has 5 heterocycles. The summed E-state index contributed by atoms with van der Waals surface area (Å²) in [6, 6.07) is 28.7. The molecule has 3 aliphatic heterocycles. The van der Waals surface area contributed by atoms with Crippen LogP contribution in [0, 0.1) is 0 Å². The lowest BCUT2D eigenvalue weighted by Crippen LogP contribution is -2.67. The number of imidazole rings is 1. The van der Waals surface area contributed by atoms with Gasteiger partial charge in [-0.3, -0.25) is 29.4 Å². The highest BCUT2D eigenvalue weighted by Crippen LogP contribution is 2.50. The second-order valence-electron chi connectivity index (χ2n) is 20.2. The van der Waals surface area contributed by atoms with Crippen molar-refractivity contribution < 1.29 is 42.2 Å². The molecule has 1 amide bonds. The van der Waals surface area contributed by atoms with Gasteiger partial charge in [0.2, 0.25) is 5.95 Å². The molecule has 0 saturated carbocycles. The van der Waals surface area contributed by atoms with Crippen LogP contribution in [-0.2, 0) is 27.5 Å². The van der Waals surface area contributed by atoms with Crippen molar-refractivity contribution in [1.82, 2.24) is 24.4 Å². The van der Waals surface area contributed by atoms with Crippen molar-refractivity contribution in [3.05, 3.63) is 108 Å². The monoisotopic (exact) mass is 1000 g/mol. The van der Waals surface area contributed by atoms with Crippen LogP contribution in [0.1, 0.15) is 79.9 Å². The summed E-state index contributed by atoms with van der Waals surface area (Å²) in [5, 5.41) is 16.4. The molecule has 0 spiro atoms. The number of aromatic nitrogens is 4. The molecule has 69 heavy (non-hydrogen) atoms. The van der Waals surface area contributed by atoms with E-state index in [-0.39, 0.29) is 35.4 Å². The number of fused-ring (bicyclic) bond motifs is 2. The van der Waals surface area contributed by atoms with Crippen LogP contribution >= 0.6 is 8.25 Å². The number of benzene rings is 3. The quantitative estimate of drug-likeness (QED) is 0.0501. The van der Waals surface area contributed by atoms with Gasteiger partial charge in [-0.2, -0.15) is 4.98 Å². The Labute approximate surface area is 406 Å². The molecule has 370 valence electrons. The predicted molar refractivity (Wildman–Crippen MR) is 271 cm³/mol. The van der Waals surface area contributed by atoms with E-state index in [2.05, 4.69) is 50.9 Å². The lowest BCUT2D eigenvalue weighted by atomic mass is 10.1. The van der Waals surface area contributed by atoms with Gasteiger partial charge in [-0.15, -0.1) is 4.89 Å². The summed E-state index contributed by atoms with van der Waals surface area (Å²) in [5.41, 5.74) is -0.992. The number of carbonyl (C=O) groups is 1. The summed E-state index contributed by atoms with van der Waals surface area (Å²) >= 11 is 0. The highest BCUT2D eigenvalue weighted by molar-refractivity contribution is 7.32. The lowest BCUT2D eigenvalue weighted by molar-refractivity contribution is -0.226. The number of aliphatic hydroxyl groups is 1. The number of anilines is 1. The van der Waals surface area contributed by atoms with E-state index >= 15 is 0 Å². The van der Waals surface area contributed by atoms with Gasteiger partial charge in [0, 0.05) is 30.6 Å². The van der Waals surface area contributed by atoms with Crippen LogP contribution in [-0.4, -0.2) is 114 Å². The van der Waals surface area contributed by atoms with E-state index in [1.807, 2.05) is 101 Å². The summed E-state index contributed by atoms with van der Waals surface area (Å²) in [7, 11) is -9.48. The molecule has 3 aliphatic rings. The Hall–Kier alpha value is -4.96. The first-order valence-corrected chi connectivity index (χ1v) is 29.6. The predicted octanol–water partition coefficient (Wildman–Crippen LogP) is 7.02. The maximum absolute atomic E-state index is 13.3. The topological polar surface area (TPSA) is 212 Å². The van der Waals surface area contributed by atoms with E-state index in [0.717, 1.165) is 16.9 Å². The van der Waals surface area contributed by atoms with E-state index in [1.54, 1.807) is 24.3 Å². The number of para-hydroxylation sites is 1. The van der Waals surface area contributed by atoms with Crippen LogP contribution in [0.25, 0.3) is 11.2 Å². The number of nitrogens with one attached hydrogen (secondary N) is 2. The minimum atomic E-state index is -3.46. The van der Waals surface area contributed by atoms with Gasteiger partial charge >= 0.3 is 8.25 Å². The number of amides is 1. The van der Waals surface area contributed by atoms with Crippen LogP contribution in [0.3, 0.4) is 0 Å². The molecule has 5 aromatic rings. The van der Waals surface area contributed by atoms with Crippen molar-refractivity contribution in [2.24, 2.45) is 4.99 Å². The largest absolute Gasteiger partial charge is 0.698 e. The average Bonchev–Trinajstić information content (AvgIpc) is 3.72. The molecule has 2 aromatic heterocycles. The summed E-state index contributed by atoms with van der Waals surface area (Å²) < 4.78 is 45.8. The number of carbonyl (C=O) groups excluding carboxylic acids is 1. The van der Waals surface area contributed by atoms with Crippen LogP contribution in [0.4, 0.5) is 5.95 Å². The minimum Gasteiger partial charge on any atom is -0.484 e. The van der Waals surface area contributed by atoms with Gasteiger partial charge in [0.1, 0.15) is 18.0 Å². The normalized spacial score (nSPS) is 21.4. The van der Waals surface area contributed by atoms with Crippen molar-refractivity contribution in [2.75, 3.05) is 38.2 Å². The van der Waals surface area contributed by atoms with Gasteiger partial charge in [0.15, 0.2) is 32.3 Å². The van der Waals surface area contributed by atoms with Crippen LogP contribution in [0.2, 0.25) is 23.2 Å². The molecule has 0 radical (unpaired) electrons. The van der Waals surface area contributed by atoms with E-state index in [4.69, 9.17) is 22.8 Å². The Morgan fingerprint density at radius 1 is 0.913 bits per heavy atom. The molecule has 0 bridgehead atoms. The van der Waals surface area contributed by atoms with Gasteiger partial charge in [-0.25, -0.2) is 4.98 Å². The average molecular weight is 1000 g/mol. The van der Waals surface area contributed by atoms with E-state index < -0.39 is 65.6 Å². The smallest absolute Gasteiger partial charge is 0.484 e. The first-order chi connectivity index (χ1) is 32.7. The molecule has 2 saturated heterocycles. The minimum absolute atomic E-state index is 0.122. The molecule has 4 N–H and O–H groups in total. The Balaban J connectivity index is 0.000000556. The standard InChI is InChI=1S/C40H50N5O10PSi2.C9H16N2/c1-38(2,3)57(7,8)54-33-30(24-52-58(39(4,5)6,28-20-14-10-15-21-28)29-22-16-11-17-23-29)53-36(40(33,48)55-56(49)50)45-26-41-32-34(45)43-37(44-35(32)47)42-31(46)25-51-27-18-12-9-13-19-27;1-2-5-9-10-6-4-8-11(9)7-3-1/h9-23,26,30,33,36,48H,24-25H2,1-8H3,(H2-,42,43,44,46,47,49,50);1-8H2/p+1/t30-,33-,36-,40+;/m1./s1. The molecule has 1 unspecified atom stereocenters. The first-order valence-electron chi connectivity index (χ1n) is 23.6. The fourth-order valence-corrected chi connectivity index (χ4v) is 15.2. The first kappa shape index (κ1) is 51.9. The number of aromatic amines is 1. The fourth-order valence-electron chi connectivity index (χ4n) is 8.91. The van der Waals surface area contributed by atoms with Gasteiger partial charge in [0.25, 0.3) is 25.6 Å². The maximum Gasteiger partial charge on any atom is 0.698 e. The Kier molecular flexibility index (Phi) is 16.2. The van der Waals surface area contributed by atoms with Crippen molar-refractivity contribution in [1.29, 1.82) is 0 Å². The zero-order valence-corrected chi connectivity index (χ0v) is 43.8. The Bertz CT molecular complexity index is 2590. The third kappa shape index (κ3) is 11.6. The molecule has 3 aromatic carbocycles. The molecular formula is C49H67N7O10PSi2+. The van der Waals surface area contributed by atoms with E-state index in [0.29, 0.717) is 5.75 Å². The van der Waals surface area contributed by atoms with Crippen molar-refractivity contribution in [3.8, 4) is 5.75 Å². The summed E-state index contributed by atoms with van der Waals surface area (Å²) in [4.78, 5) is 54.7. The number of rotatable bonds is 14. The van der Waals surface area contributed by atoms with Gasteiger partial charge in [-0.1, -0.05) is 131 Å². The number of ether oxygens (including phenoxy) is 2. The van der Waals surface area contributed by atoms with Gasteiger partial charge in [0.05, 0.1) is 18.8 Å². The number of amidine groups is 1. The van der Waals surface area contributed by atoms with Crippen LogP contribution in [0.15, 0.2) is 107 Å². The zero-order valence-electron chi connectivity index (χ0n) is 40.9. The Morgan fingerprint density at radius 3 is 2.14 bits per heavy atom. The highest BCUT2D eigenvalue weighted by Gasteiger charge is 2.66. The molecular weight excluding hydrogens is 934 g/mol. The number of hydrogen-bond acceptors (Lipinski definition) is 13. The van der Waals surface area contributed by atoms with Crippen LogP contribution in [0.5, 0.6) is 5.75 Å². The molecule has 20 heteroatoms. The van der Waals surface area contributed by atoms with Gasteiger partial charge < -0.3 is 28.3 Å². The van der Waals surface area contributed by atoms with Gasteiger partial charge in [-0.05, 0) is 64.9 Å². The number of aliphatic imine (C=N–C) groups is 1. The summed E-state index contributed by atoms with van der Waals surface area (Å²) in [6.07, 6.45) is 3.69. The number of H-pyrrole nitrogens is 1. The molecule has 5 atom stereocenters. The van der Waals surface area contributed by atoms with Crippen LogP contribution < -0.4 is 26.0 Å².